The normalized spacial score (nSPS) is 10.1. The van der Waals surface area contributed by atoms with Gasteiger partial charge >= 0.3 is 0 Å². The molecule has 0 nitrogen and oxygen atoms in total. The van der Waals surface area contributed by atoms with Crippen molar-refractivity contribution in [1.29, 1.82) is 0 Å². The molecule has 69 valence electrons. The van der Waals surface area contributed by atoms with Crippen LogP contribution in [-0.4, -0.2) is 0 Å². The quantitative estimate of drug-likeness (QED) is 0.674. The Kier molecular flexibility index (Phi) is 2.59. The first kappa shape index (κ1) is 8.95. The van der Waals surface area contributed by atoms with Crippen LogP contribution in [0.5, 0.6) is 0 Å². The lowest BCUT2D eigenvalue weighted by Crippen LogP contribution is -1.88. The van der Waals surface area contributed by atoms with Crippen molar-refractivity contribution in [2.24, 2.45) is 0 Å². The largest absolute Gasteiger partial charge is 0.206 e. The van der Waals surface area contributed by atoms with E-state index in [1.54, 1.807) is 6.07 Å². The van der Waals surface area contributed by atoms with Gasteiger partial charge in [0.05, 0.1) is 0 Å². The summed E-state index contributed by atoms with van der Waals surface area (Å²) in [6, 6.07) is 17.7. The van der Waals surface area contributed by atoms with Gasteiger partial charge in [0.2, 0.25) is 0 Å². The Morgan fingerprint density at radius 1 is 0.929 bits per heavy atom. The molecule has 0 spiro atoms. The van der Waals surface area contributed by atoms with Crippen LogP contribution in [0.15, 0.2) is 48.5 Å². The smallest absolute Gasteiger partial charge is 0.131 e. The van der Waals surface area contributed by atoms with Gasteiger partial charge in [-0.2, -0.15) is 0 Å². The molecular weight excluding hydrogens is 175 g/mol. The van der Waals surface area contributed by atoms with Gasteiger partial charge in [-0.25, -0.2) is 4.39 Å². The topological polar surface area (TPSA) is 0 Å². The SMILES string of the molecule is Fc1[c]c(Cc2ccccc2)ccc1. The Morgan fingerprint density at radius 2 is 1.71 bits per heavy atom. The molecule has 0 aliphatic rings. The average Bonchev–Trinajstić information content (AvgIpc) is 2.19. The molecule has 0 saturated heterocycles. The van der Waals surface area contributed by atoms with Gasteiger partial charge in [-0.05, 0) is 23.6 Å². The van der Waals surface area contributed by atoms with Crippen molar-refractivity contribution >= 4 is 0 Å². The highest BCUT2D eigenvalue weighted by atomic mass is 19.1. The van der Waals surface area contributed by atoms with Gasteiger partial charge in [0.15, 0.2) is 0 Å². The zero-order chi connectivity index (χ0) is 9.80. The first-order valence-electron chi connectivity index (χ1n) is 4.55. The molecule has 14 heavy (non-hydrogen) atoms. The molecule has 0 heterocycles. The third-order valence-electron chi connectivity index (χ3n) is 2.06. The van der Waals surface area contributed by atoms with Gasteiger partial charge in [-0.15, -0.1) is 0 Å². The zero-order valence-electron chi connectivity index (χ0n) is 7.70. The molecule has 0 bridgehead atoms. The number of hydrogen-bond donors (Lipinski definition) is 0. The summed E-state index contributed by atoms with van der Waals surface area (Å²) in [7, 11) is 0. The first-order chi connectivity index (χ1) is 6.84. The molecule has 0 N–H and O–H groups in total. The van der Waals surface area contributed by atoms with E-state index >= 15 is 0 Å². The van der Waals surface area contributed by atoms with Crippen molar-refractivity contribution in [2.45, 2.75) is 6.42 Å². The molecule has 0 unspecified atom stereocenters. The molecule has 1 heteroatoms. The summed E-state index contributed by atoms with van der Waals surface area (Å²) in [5, 5.41) is 0. The maximum atomic E-state index is 12.8. The minimum absolute atomic E-state index is 0.293. The van der Waals surface area contributed by atoms with E-state index in [-0.39, 0.29) is 5.82 Å². The number of rotatable bonds is 2. The van der Waals surface area contributed by atoms with Crippen LogP contribution < -0.4 is 0 Å². The minimum atomic E-state index is -0.293. The Morgan fingerprint density at radius 3 is 2.43 bits per heavy atom. The van der Waals surface area contributed by atoms with Gasteiger partial charge in [-0.1, -0.05) is 42.5 Å². The highest BCUT2D eigenvalue weighted by Crippen LogP contribution is 2.09. The van der Waals surface area contributed by atoms with Gasteiger partial charge in [-0.3, -0.25) is 0 Å². The molecular formula is C13H10F. The fourth-order valence-electron chi connectivity index (χ4n) is 1.40. The lowest BCUT2D eigenvalue weighted by Gasteiger charge is -2.00. The van der Waals surface area contributed by atoms with Gasteiger partial charge in [0.25, 0.3) is 0 Å². The van der Waals surface area contributed by atoms with E-state index in [0.29, 0.717) is 0 Å². The number of hydrogen-bond acceptors (Lipinski definition) is 0. The predicted octanol–water partition coefficient (Wildman–Crippen LogP) is 3.22. The van der Waals surface area contributed by atoms with E-state index in [1.807, 2.05) is 36.4 Å². The second kappa shape index (κ2) is 4.05. The van der Waals surface area contributed by atoms with E-state index in [1.165, 1.54) is 11.6 Å². The maximum absolute atomic E-state index is 12.8. The van der Waals surface area contributed by atoms with Gasteiger partial charge < -0.3 is 0 Å². The van der Waals surface area contributed by atoms with E-state index in [9.17, 15) is 4.39 Å². The van der Waals surface area contributed by atoms with Crippen LogP contribution in [0.4, 0.5) is 4.39 Å². The van der Waals surface area contributed by atoms with Crippen molar-refractivity contribution in [3.63, 3.8) is 0 Å². The van der Waals surface area contributed by atoms with E-state index in [0.717, 1.165) is 12.0 Å². The lowest BCUT2D eigenvalue weighted by molar-refractivity contribution is 0.623. The number of benzene rings is 2. The molecule has 0 aliphatic heterocycles. The summed E-state index contributed by atoms with van der Waals surface area (Å²) < 4.78 is 12.8. The van der Waals surface area contributed by atoms with Crippen molar-refractivity contribution in [1.82, 2.24) is 0 Å². The second-order valence-electron chi connectivity index (χ2n) is 3.19. The van der Waals surface area contributed by atoms with E-state index < -0.39 is 0 Å². The van der Waals surface area contributed by atoms with E-state index in [4.69, 9.17) is 0 Å². The molecule has 0 atom stereocenters. The van der Waals surface area contributed by atoms with Crippen LogP contribution in [-0.2, 0) is 6.42 Å². The van der Waals surface area contributed by atoms with Crippen LogP contribution in [0.3, 0.4) is 0 Å². The molecule has 0 fully saturated rings. The fourth-order valence-corrected chi connectivity index (χ4v) is 1.40. The average molecular weight is 185 g/mol. The molecule has 2 rings (SSSR count). The van der Waals surface area contributed by atoms with Crippen LogP contribution in [0, 0.1) is 11.9 Å². The minimum Gasteiger partial charge on any atom is -0.206 e. The molecule has 0 aromatic heterocycles. The summed E-state index contributed by atoms with van der Waals surface area (Å²) in [6.07, 6.45) is 0.735. The fraction of sp³-hybridized carbons (Fsp3) is 0.0769. The molecule has 0 aliphatic carbocycles. The Bertz CT molecular complexity index is 407. The summed E-state index contributed by atoms with van der Waals surface area (Å²) in [5.74, 6) is -0.293. The Labute approximate surface area is 83.0 Å². The summed E-state index contributed by atoms with van der Waals surface area (Å²) in [4.78, 5) is 0. The second-order valence-corrected chi connectivity index (χ2v) is 3.19. The highest BCUT2D eigenvalue weighted by molar-refractivity contribution is 5.25. The third-order valence-corrected chi connectivity index (χ3v) is 2.06. The van der Waals surface area contributed by atoms with Crippen molar-refractivity contribution in [3.8, 4) is 0 Å². The van der Waals surface area contributed by atoms with Crippen LogP contribution in [0.2, 0.25) is 0 Å². The van der Waals surface area contributed by atoms with Gasteiger partial charge in [0, 0.05) is 6.07 Å². The molecule has 2 aromatic carbocycles. The number of halogens is 1. The standard InChI is InChI=1S/C13H10F/c14-13-8-4-7-12(10-13)9-11-5-2-1-3-6-11/h1-8H,9H2. The third kappa shape index (κ3) is 2.19. The Hall–Kier alpha value is -1.63. The monoisotopic (exact) mass is 185 g/mol. The lowest BCUT2D eigenvalue weighted by atomic mass is 10.1. The van der Waals surface area contributed by atoms with Crippen LogP contribution >= 0.6 is 0 Å². The molecule has 2 aromatic rings. The van der Waals surface area contributed by atoms with Gasteiger partial charge in [0.1, 0.15) is 5.82 Å². The van der Waals surface area contributed by atoms with Crippen molar-refractivity contribution < 1.29 is 4.39 Å². The molecule has 1 radical (unpaired) electrons. The molecule has 0 amide bonds. The van der Waals surface area contributed by atoms with Crippen molar-refractivity contribution in [2.75, 3.05) is 0 Å². The van der Waals surface area contributed by atoms with Crippen LogP contribution in [0.1, 0.15) is 11.1 Å². The summed E-state index contributed by atoms with van der Waals surface area (Å²) in [5.41, 5.74) is 2.06. The molecule has 0 saturated carbocycles. The predicted molar refractivity (Wildman–Crippen MR) is 54.5 cm³/mol. The highest BCUT2D eigenvalue weighted by Gasteiger charge is 1.97. The van der Waals surface area contributed by atoms with Crippen LogP contribution in [0.25, 0.3) is 0 Å². The Balaban J connectivity index is 2.19. The zero-order valence-corrected chi connectivity index (χ0v) is 7.70. The van der Waals surface area contributed by atoms with Crippen molar-refractivity contribution in [3.05, 3.63) is 71.5 Å². The summed E-state index contributed by atoms with van der Waals surface area (Å²) >= 11 is 0. The van der Waals surface area contributed by atoms with E-state index in [2.05, 4.69) is 6.07 Å². The summed E-state index contributed by atoms with van der Waals surface area (Å²) in [6.45, 7) is 0. The maximum Gasteiger partial charge on any atom is 0.131 e. The first-order valence-corrected chi connectivity index (χ1v) is 4.55.